The van der Waals surface area contributed by atoms with Crippen LogP contribution in [0.1, 0.15) is 20.7 Å². The fraction of sp³-hybridized carbons (Fsp3) is 0. The number of fused-ring (bicyclic) bond motifs is 1. The molecule has 0 saturated carbocycles. The van der Waals surface area contributed by atoms with E-state index in [1.54, 1.807) is 24.3 Å². The van der Waals surface area contributed by atoms with Gasteiger partial charge >= 0.3 is 19.8 Å². The third-order valence-corrected chi connectivity index (χ3v) is 1.64. The van der Waals surface area contributed by atoms with Gasteiger partial charge in [0.15, 0.2) is 0 Å². The minimum absolute atomic E-state index is 0. The van der Waals surface area contributed by atoms with Crippen LogP contribution in [0.4, 0.5) is 0 Å². The summed E-state index contributed by atoms with van der Waals surface area (Å²) in [6, 6.07) is 6.74. The Balaban J connectivity index is 0.000000720. The molecule has 12 heavy (non-hydrogen) atoms. The molecule has 1 aromatic carbocycles. The van der Waals surface area contributed by atoms with E-state index in [1.165, 1.54) is 0 Å². The van der Waals surface area contributed by atoms with Crippen LogP contribution in [0.3, 0.4) is 0 Å². The summed E-state index contributed by atoms with van der Waals surface area (Å²) in [6.45, 7) is 0. The van der Waals surface area contributed by atoms with E-state index in [1.807, 2.05) is 0 Å². The van der Waals surface area contributed by atoms with Gasteiger partial charge < -0.3 is 0 Å². The van der Waals surface area contributed by atoms with Crippen LogP contribution in [0.25, 0.3) is 0 Å². The average Bonchev–Trinajstić information content (AvgIpc) is 2.30. The molecule has 2 amide bonds. The van der Waals surface area contributed by atoms with E-state index in [-0.39, 0.29) is 31.6 Å². The van der Waals surface area contributed by atoms with Gasteiger partial charge in [0.2, 0.25) is 0 Å². The summed E-state index contributed by atoms with van der Waals surface area (Å²) in [4.78, 5) is 21.9. The second kappa shape index (κ2) is 3.16. The molecular formula is C8H8GaNO2. The molecule has 0 saturated heterocycles. The van der Waals surface area contributed by atoms with E-state index >= 15 is 0 Å². The SMILES string of the molecule is O=C1NC(=O)c2ccccc21.[GaH3]. The van der Waals surface area contributed by atoms with Crippen molar-refractivity contribution in [1.82, 2.24) is 5.32 Å². The monoisotopic (exact) mass is 219 g/mol. The fourth-order valence-electron chi connectivity index (χ4n) is 1.12. The standard InChI is InChI=1S/C8H5NO2.Ga.3H/c10-7-5-3-1-2-4-6(5)8(11)9-7;;;;/h1-4H,(H,9,10,11);;;;. The van der Waals surface area contributed by atoms with Gasteiger partial charge in [0.1, 0.15) is 0 Å². The number of nitrogens with one attached hydrogen (secondary N) is 1. The van der Waals surface area contributed by atoms with Crippen LogP contribution in [-0.4, -0.2) is 31.6 Å². The first kappa shape index (κ1) is 9.09. The van der Waals surface area contributed by atoms with E-state index < -0.39 is 0 Å². The van der Waals surface area contributed by atoms with Gasteiger partial charge in [0, 0.05) is 0 Å². The van der Waals surface area contributed by atoms with E-state index in [0.29, 0.717) is 11.1 Å². The number of carbonyl (C=O) groups excluding carboxylic acids is 2. The summed E-state index contributed by atoms with van der Waals surface area (Å²) < 4.78 is 0. The number of hydrogen-bond acceptors (Lipinski definition) is 2. The van der Waals surface area contributed by atoms with Gasteiger partial charge in [-0.25, -0.2) is 0 Å². The Morgan fingerprint density at radius 3 is 1.75 bits per heavy atom. The van der Waals surface area contributed by atoms with Gasteiger partial charge in [-0.05, 0) is 12.1 Å². The molecule has 1 aromatic rings. The molecule has 4 heteroatoms. The summed E-state index contributed by atoms with van der Waals surface area (Å²) in [5, 5.41) is 2.20. The van der Waals surface area contributed by atoms with Gasteiger partial charge in [0.05, 0.1) is 11.1 Å². The maximum atomic E-state index is 10.9. The van der Waals surface area contributed by atoms with Crippen LogP contribution < -0.4 is 5.32 Å². The topological polar surface area (TPSA) is 46.2 Å². The molecule has 0 fully saturated rings. The van der Waals surface area contributed by atoms with Crippen LogP contribution in [0.5, 0.6) is 0 Å². The van der Waals surface area contributed by atoms with Crippen molar-refractivity contribution >= 4 is 31.6 Å². The van der Waals surface area contributed by atoms with Crippen LogP contribution in [0.2, 0.25) is 0 Å². The molecular weight excluding hydrogens is 212 g/mol. The number of rotatable bonds is 0. The summed E-state index contributed by atoms with van der Waals surface area (Å²) in [6.07, 6.45) is 0. The first-order chi connectivity index (χ1) is 5.29. The third-order valence-electron chi connectivity index (χ3n) is 1.64. The molecule has 0 aliphatic carbocycles. The fourth-order valence-corrected chi connectivity index (χ4v) is 1.12. The molecule has 0 spiro atoms. The van der Waals surface area contributed by atoms with Crippen molar-refractivity contribution in [1.29, 1.82) is 0 Å². The van der Waals surface area contributed by atoms with Crippen molar-refractivity contribution in [3.05, 3.63) is 35.4 Å². The van der Waals surface area contributed by atoms with E-state index in [2.05, 4.69) is 5.32 Å². The summed E-state index contributed by atoms with van der Waals surface area (Å²) in [5.74, 6) is -0.601. The zero-order valence-electron chi connectivity index (χ0n) is 5.63. The Labute approximate surface area is 82.2 Å². The van der Waals surface area contributed by atoms with E-state index in [4.69, 9.17) is 0 Å². The van der Waals surface area contributed by atoms with Crippen molar-refractivity contribution < 1.29 is 9.59 Å². The molecule has 60 valence electrons. The zero-order chi connectivity index (χ0) is 7.84. The van der Waals surface area contributed by atoms with E-state index in [9.17, 15) is 9.59 Å². The molecule has 2 rings (SSSR count). The Kier molecular flexibility index (Phi) is 2.39. The van der Waals surface area contributed by atoms with Crippen LogP contribution in [-0.2, 0) is 0 Å². The molecule has 0 radical (unpaired) electrons. The van der Waals surface area contributed by atoms with Crippen LogP contribution in [0, 0.1) is 0 Å². The van der Waals surface area contributed by atoms with Gasteiger partial charge in [-0.15, -0.1) is 0 Å². The molecule has 1 heterocycles. The summed E-state index contributed by atoms with van der Waals surface area (Å²) in [5.41, 5.74) is 0.940. The van der Waals surface area contributed by atoms with E-state index in [0.717, 1.165) is 0 Å². The molecule has 0 bridgehead atoms. The molecule has 1 aliphatic heterocycles. The van der Waals surface area contributed by atoms with Crippen LogP contribution in [0.15, 0.2) is 24.3 Å². The number of amides is 2. The quantitative estimate of drug-likeness (QED) is 0.468. The van der Waals surface area contributed by atoms with Crippen molar-refractivity contribution in [3.63, 3.8) is 0 Å². The van der Waals surface area contributed by atoms with Crippen LogP contribution >= 0.6 is 0 Å². The summed E-state index contributed by atoms with van der Waals surface area (Å²) in [7, 11) is 0. The van der Waals surface area contributed by atoms with Crippen molar-refractivity contribution in [2.75, 3.05) is 0 Å². The Hall–Kier alpha value is -1.00. The minimum atomic E-state index is -0.300. The Morgan fingerprint density at radius 1 is 0.917 bits per heavy atom. The second-order valence-corrected chi connectivity index (χ2v) is 2.33. The number of carbonyl (C=O) groups is 2. The first-order valence-corrected chi connectivity index (χ1v) is 3.24. The van der Waals surface area contributed by atoms with Gasteiger partial charge in [-0.2, -0.15) is 0 Å². The van der Waals surface area contributed by atoms with Crippen molar-refractivity contribution in [2.45, 2.75) is 0 Å². The van der Waals surface area contributed by atoms with Crippen molar-refractivity contribution in [3.8, 4) is 0 Å². The van der Waals surface area contributed by atoms with Crippen molar-refractivity contribution in [2.24, 2.45) is 0 Å². The Bertz CT molecular complexity index is 316. The predicted molar refractivity (Wildman–Crippen MR) is 48.2 cm³/mol. The number of imide groups is 1. The maximum absolute atomic E-state index is 10.9. The first-order valence-electron chi connectivity index (χ1n) is 3.24. The number of benzene rings is 1. The van der Waals surface area contributed by atoms with Gasteiger partial charge in [-0.1, -0.05) is 12.1 Å². The third kappa shape index (κ3) is 1.19. The second-order valence-electron chi connectivity index (χ2n) is 2.33. The van der Waals surface area contributed by atoms with Gasteiger partial charge in [0.25, 0.3) is 11.8 Å². The molecule has 1 aliphatic rings. The predicted octanol–water partition coefficient (Wildman–Crippen LogP) is -0.614. The molecule has 0 unspecified atom stereocenters. The normalized spacial score (nSPS) is 13.3. The summed E-state index contributed by atoms with van der Waals surface area (Å²) >= 11 is 0. The van der Waals surface area contributed by atoms with Gasteiger partial charge in [-0.3, -0.25) is 14.9 Å². The molecule has 1 N–H and O–H groups in total. The zero-order valence-corrected chi connectivity index (χ0v) is 5.63. The number of hydrogen-bond donors (Lipinski definition) is 1. The molecule has 0 atom stereocenters. The Morgan fingerprint density at radius 2 is 1.33 bits per heavy atom. The molecule has 3 nitrogen and oxygen atoms in total. The average molecular weight is 220 g/mol. The molecule has 0 aromatic heterocycles.